The summed E-state index contributed by atoms with van der Waals surface area (Å²) in [5.41, 5.74) is 1.93. The van der Waals surface area contributed by atoms with E-state index >= 15 is 0 Å². The number of aromatic carboxylic acids is 1. The number of halogens is 1. The minimum Gasteiger partial charge on any atom is -0.478 e. The third-order valence-electron chi connectivity index (χ3n) is 2.98. The molecule has 1 aromatic carbocycles. The normalized spacial score (nSPS) is 10.3. The van der Waals surface area contributed by atoms with Gasteiger partial charge in [-0.3, -0.25) is 4.98 Å². The van der Waals surface area contributed by atoms with Crippen LogP contribution in [0.25, 0.3) is 0 Å². The molecule has 104 valence electrons. The number of hydrogen-bond acceptors (Lipinski definition) is 3. The second-order valence-corrected chi connectivity index (χ2v) is 4.37. The SMILES string of the molecule is CCN(c1cccc(F)c1)c1cc(C)ncc1C(=O)O. The molecular formula is C15H15FN2O2. The van der Waals surface area contributed by atoms with Crippen molar-refractivity contribution in [2.75, 3.05) is 11.4 Å². The zero-order chi connectivity index (χ0) is 14.7. The van der Waals surface area contributed by atoms with Crippen molar-refractivity contribution >= 4 is 17.3 Å². The van der Waals surface area contributed by atoms with Crippen LogP contribution >= 0.6 is 0 Å². The number of anilines is 2. The summed E-state index contributed by atoms with van der Waals surface area (Å²) in [4.78, 5) is 17.1. The molecule has 0 saturated carbocycles. The van der Waals surface area contributed by atoms with Gasteiger partial charge in [-0.2, -0.15) is 0 Å². The third kappa shape index (κ3) is 2.77. The van der Waals surface area contributed by atoms with Crippen molar-refractivity contribution in [1.29, 1.82) is 0 Å². The number of carboxylic acids is 1. The fraction of sp³-hybridized carbons (Fsp3) is 0.200. The van der Waals surface area contributed by atoms with E-state index in [-0.39, 0.29) is 11.4 Å². The smallest absolute Gasteiger partial charge is 0.339 e. The monoisotopic (exact) mass is 274 g/mol. The highest BCUT2D eigenvalue weighted by atomic mass is 19.1. The summed E-state index contributed by atoms with van der Waals surface area (Å²) in [5.74, 6) is -1.41. The molecule has 2 rings (SSSR count). The van der Waals surface area contributed by atoms with Crippen molar-refractivity contribution in [3.8, 4) is 0 Å². The molecule has 0 unspecified atom stereocenters. The maximum Gasteiger partial charge on any atom is 0.339 e. The van der Waals surface area contributed by atoms with E-state index in [0.29, 0.717) is 23.6 Å². The molecule has 0 saturated heterocycles. The van der Waals surface area contributed by atoms with Crippen LogP contribution in [0.4, 0.5) is 15.8 Å². The molecule has 5 heteroatoms. The predicted molar refractivity (Wildman–Crippen MR) is 75.0 cm³/mol. The molecule has 0 atom stereocenters. The van der Waals surface area contributed by atoms with Crippen LogP contribution in [-0.2, 0) is 0 Å². The number of benzene rings is 1. The highest BCUT2D eigenvalue weighted by molar-refractivity contribution is 5.95. The molecule has 0 radical (unpaired) electrons. The van der Waals surface area contributed by atoms with Gasteiger partial charge in [0.05, 0.1) is 5.69 Å². The Kier molecular flexibility index (Phi) is 3.98. The summed E-state index contributed by atoms with van der Waals surface area (Å²) in [6.45, 7) is 4.19. The molecular weight excluding hydrogens is 259 g/mol. The lowest BCUT2D eigenvalue weighted by molar-refractivity contribution is 0.0697. The van der Waals surface area contributed by atoms with Gasteiger partial charge in [-0.15, -0.1) is 0 Å². The van der Waals surface area contributed by atoms with Gasteiger partial charge < -0.3 is 10.0 Å². The van der Waals surface area contributed by atoms with E-state index in [4.69, 9.17) is 0 Å². The summed E-state index contributed by atoms with van der Waals surface area (Å²) in [7, 11) is 0. The molecule has 0 aliphatic heterocycles. The zero-order valence-electron chi connectivity index (χ0n) is 11.3. The van der Waals surface area contributed by atoms with Crippen LogP contribution < -0.4 is 4.90 Å². The third-order valence-corrected chi connectivity index (χ3v) is 2.98. The molecule has 0 spiro atoms. The fourth-order valence-corrected chi connectivity index (χ4v) is 2.07. The first-order valence-corrected chi connectivity index (χ1v) is 6.26. The number of carboxylic acid groups (broad SMARTS) is 1. The number of hydrogen-bond donors (Lipinski definition) is 1. The zero-order valence-corrected chi connectivity index (χ0v) is 11.3. The van der Waals surface area contributed by atoms with Crippen LogP contribution in [0.1, 0.15) is 23.0 Å². The number of aryl methyl sites for hydroxylation is 1. The summed E-state index contributed by atoms with van der Waals surface area (Å²) < 4.78 is 13.4. The van der Waals surface area contributed by atoms with Gasteiger partial charge in [0.15, 0.2) is 0 Å². The highest BCUT2D eigenvalue weighted by Gasteiger charge is 2.17. The van der Waals surface area contributed by atoms with Crippen LogP contribution in [0, 0.1) is 12.7 Å². The van der Waals surface area contributed by atoms with Gasteiger partial charge in [-0.05, 0) is 38.1 Å². The maximum absolute atomic E-state index is 13.4. The van der Waals surface area contributed by atoms with Gasteiger partial charge >= 0.3 is 5.97 Å². The Balaban J connectivity index is 2.57. The molecule has 0 fully saturated rings. The first kappa shape index (κ1) is 14.0. The Morgan fingerprint density at radius 2 is 2.15 bits per heavy atom. The Bertz CT molecular complexity index is 644. The number of carbonyl (C=O) groups is 1. The summed E-state index contributed by atoms with van der Waals surface area (Å²) >= 11 is 0. The first-order valence-electron chi connectivity index (χ1n) is 6.26. The van der Waals surface area contributed by atoms with Crippen molar-refractivity contribution in [2.24, 2.45) is 0 Å². The van der Waals surface area contributed by atoms with E-state index in [0.717, 1.165) is 0 Å². The van der Waals surface area contributed by atoms with Crippen molar-refractivity contribution in [1.82, 2.24) is 4.98 Å². The minimum atomic E-state index is -1.05. The molecule has 1 N–H and O–H groups in total. The first-order chi connectivity index (χ1) is 9.52. The van der Waals surface area contributed by atoms with Crippen LogP contribution in [0.15, 0.2) is 36.5 Å². The van der Waals surface area contributed by atoms with Crippen molar-refractivity contribution < 1.29 is 14.3 Å². The van der Waals surface area contributed by atoms with Gasteiger partial charge in [0.1, 0.15) is 11.4 Å². The highest BCUT2D eigenvalue weighted by Crippen LogP contribution is 2.29. The topological polar surface area (TPSA) is 53.4 Å². The quantitative estimate of drug-likeness (QED) is 0.928. The van der Waals surface area contributed by atoms with Gasteiger partial charge in [-0.25, -0.2) is 9.18 Å². The molecule has 0 aliphatic rings. The molecule has 20 heavy (non-hydrogen) atoms. The van der Waals surface area contributed by atoms with Crippen LogP contribution in [0.2, 0.25) is 0 Å². The Morgan fingerprint density at radius 1 is 1.40 bits per heavy atom. The van der Waals surface area contributed by atoms with Gasteiger partial charge in [0.25, 0.3) is 0 Å². The van der Waals surface area contributed by atoms with Crippen LogP contribution in [0.3, 0.4) is 0 Å². The van der Waals surface area contributed by atoms with Crippen molar-refractivity contribution in [3.05, 3.63) is 53.6 Å². The number of aromatic nitrogens is 1. The molecule has 2 aromatic rings. The molecule has 1 aromatic heterocycles. The second-order valence-electron chi connectivity index (χ2n) is 4.37. The van der Waals surface area contributed by atoms with Crippen LogP contribution in [0.5, 0.6) is 0 Å². The summed E-state index contributed by atoms with van der Waals surface area (Å²) in [6, 6.07) is 7.77. The molecule has 0 bridgehead atoms. The molecule has 4 nitrogen and oxygen atoms in total. The second kappa shape index (κ2) is 5.69. The summed E-state index contributed by atoms with van der Waals surface area (Å²) in [6.07, 6.45) is 1.33. The van der Waals surface area contributed by atoms with E-state index < -0.39 is 5.97 Å². The van der Waals surface area contributed by atoms with Crippen molar-refractivity contribution in [3.63, 3.8) is 0 Å². The largest absolute Gasteiger partial charge is 0.478 e. The lowest BCUT2D eigenvalue weighted by Crippen LogP contribution is -2.19. The summed E-state index contributed by atoms with van der Waals surface area (Å²) in [5, 5.41) is 9.26. The van der Waals surface area contributed by atoms with Gasteiger partial charge in [0.2, 0.25) is 0 Å². The van der Waals surface area contributed by atoms with Crippen LogP contribution in [-0.4, -0.2) is 22.6 Å². The predicted octanol–water partition coefficient (Wildman–Crippen LogP) is 3.39. The van der Waals surface area contributed by atoms with Gasteiger partial charge in [-0.1, -0.05) is 6.07 Å². The Labute approximate surface area is 116 Å². The lowest BCUT2D eigenvalue weighted by atomic mass is 10.1. The van der Waals surface area contributed by atoms with E-state index in [2.05, 4.69) is 4.98 Å². The molecule has 0 aliphatic carbocycles. The Morgan fingerprint density at radius 3 is 2.75 bits per heavy atom. The molecule has 0 amide bonds. The fourth-order valence-electron chi connectivity index (χ4n) is 2.07. The van der Waals surface area contributed by atoms with Gasteiger partial charge in [0, 0.05) is 24.1 Å². The molecule has 1 heterocycles. The van der Waals surface area contributed by atoms with E-state index in [1.165, 1.54) is 18.3 Å². The van der Waals surface area contributed by atoms with Crippen molar-refractivity contribution in [2.45, 2.75) is 13.8 Å². The minimum absolute atomic E-state index is 0.0988. The van der Waals surface area contributed by atoms with E-state index in [9.17, 15) is 14.3 Å². The average molecular weight is 274 g/mol. The number of rotatable bonds is 4. The Hall–Kier alpha value is -2.43. The standard InChI is InChI=1S/C15H15FN2O2/c1-3-18(12-6-4-5-11(16)8-12)14-7-10(2)17-9-13(14)15(19)20/h4-9H,3H2,1-2H3,(H,19,20). The van der Waals surface area contributed by atoms with E-state index in [1.54, 1.807) is 30.0 Å². The number of nitrogens with zero attached hydrogens (tertiary/aromatic N) is 2. The number of pyridine rings is 1. The lowest BCUT2D eigenvalue weighted by Gasteiger charge is -2.25. The average Bonchev–Trinajstić information content (AvgIpc) is 2.39. The van der Waals surface area contributed by atoms with E-state index in [1.807, 2.05) is 6.92 Å². The maximum atomic E-state index is 13.4.